The van der Waals surface area contributed by atoms with E-state index in [1.807, 2.05) is 0 Å². The maximum Gasteiger partial charge on any atom is 0.304 e. The van der Waals surface area contributed by atoms with Crippen molar-refractivity contribution >= 4 is 27.7 Å². The maximum atomic E-state index is 14.6. The van der Waals surface area contributed by atoms with Crippen LogP contribution in [0.5, 0.6) is 5.75 Å². The predicted molar refractivity (Wildman–Crippen MR) is 133 cm³/mol. The first-order chi connectivity index (χ1) is 16.6. The Kier molecular flexibility index (Phi) is 10.0. The molecule has 0 aliphatic carbocycles. The molecule has 1 N–H and O–H groups in total. The number of hydrogen-bond acceptors (Lipinski definition) is 5. The van der Waals surface area contributed by atoms with Gasteiger partial charge in [0.05, 0.1) is 12.8 Å². The SMILES string of the molecule is CCNC(=O)[C@@H](CC)N(Cc1cccc(OC)c1)C(=O)CN(c1ccccc1F)S(=O)(=O)N(C)C. The summed E-state index contributed by atoms with van der Waals surface area (Å²) in [4.78, 5) is 27.8. The third kappa shape index (κ3) is 6.92. The standard InChI is InChI=1S/C24H33FN4O5S/c1-6-21(24(31)26-7-2)28(16-18-11-10-12-19(15-18)34-5)23(30)17-29(35(32,33)27(3)4)22-14-9-8-13-20(22)25/h8-15,21H,6-7,16-17H2,1-5H3,(H,26,31)/t21-/m1/s1. The number of benzene rings is 2. The molecule has 0 saturated carbocycles. The second-order valence-corrected chi connectivity index (χ2v) is 10.0. The number of carbonyl (C=O) groups excluding carboxylic acids is 2. The average molecular weight is 509 g/mol. The zero-order valence-corrected chi connectivity index (χ0v) is 21.5. The minimum atomic E-state index is -4.23. The van der Waals surface area contributed by atoms with Crippen LogP contribution in [0.3, 0.4) is 0 Å². The lowest BCUT2D eigenvalue weighted by Gasteiger charge is -2.34. The molecule has 0 heterocycles. The molecule has 0 radical (unpaired) electrons. The van der Waals surface area contributed by atoms with Gasteiger partial charge in [-0.3, -0.25) is 9.59 Å². The zero-order valence-electron chi connectivity index (χ0n) is 20.7. The highest BCUT2D eigenvalue weighted by molar-refractivity contribution is 7.90. The molecule has 11 heteroatoms. The molecule has 2 aromatic rings. The molecule has 0 bridgehead atoms. The van der Waals surface area contributed by atoms with Gasteiger partial charge < -0.3 is 15.0 Å². The molecule has 35 heavy (non-hydrogen) atoms. The van der Waals surface area contributed by atoms with Crippen molar-refractivity contribution in [1.29, 1.82) is 0 Å². The fourth-order valence-electron chi connectivity index (χ4n) is 3.53. The van der Waals surface area contributed by atoms with Crippen molar-refractivity contribution in [3.63, 3.8) is 0 Å². The van der Waals surface area contributed by atoms with Gasteiger partial charge in [-0.15, -0.1) is 0 Å². The fraction of sp³-hybridized carbons (Fsp3) is 0.417. The van der Waals surface area contributed by atoms with Crippen LogP contribution in [0.15, 0.2) is 48.5 Å². The fourth-order valence-corrected chi connectivity index (χ4v) is 4.60. The topological polar surface area (TPSA) is 99.3 Å². The summed E-state index contributed by atoms with van der Waals surface area (Å²) < 4.78 is 47.7. The highest BCUT2D eigenvalue weighted by Crippen LogP contribution is 2.24. The normalized spacial score (nSPS) is 12.2. The molecule has 0 aliphatic heterocycles. The van der Waals surface area contributed by atoms with Crippen molar-refractivity contribution in [2.75, 3.05) is 38.6 Å². The lowest BCUT2D eigenvalue weighted by Crippen LogP contribution is -2.53. The Morgan fingerprint density at radius 3 is 2.34 bits per heavy atom. The number of carbonyl (C=O) groups is 2. The molecule has 1 atom stereocenters. The Morgan fingerprint density at radius 2 is 1.77 bits per heavy atom. The number of rotatable bonds is 12. The van der Waals surface area contributed by atoms with Gasteiger partial charge in [-0.25, -0.2) is 8.70 Å². The monoisotopic (exact) mass is 508 g/mol. The van der Waals surface area contributed by atoms with Gasteiger partial charge >= 0.3 is 10.2 Å². The van der Waals surface area contributed by atoms with Crippen molar-refractivity contribution in [3.8, 4) is 5.75 Å². The number of methoxy groups -OCH3 is 1. The van der Waals surface area contributed by atoms with E-state index in [9.17, 15) is 22.4 Å². The number of halogens is 1. The summed E-state index contributed by atoms with van der Waals surface area (Å²) >= 11 is 0. The smallest absolute Gasteiger partial charge is 0.304 e. The van der Waals surface area contributed by atoms with E-state index in [1.54, 1.807) is 38.1 Å². The summed E-state index contributed by atoms with van der Waals surface area (Å²) in [5.74, 6) is -1.23. The molecule has 2 rings (SSSR count). The van der Waals surface area contributed by atoms with Crippen LogP contribution in [-0.4, -0.2) is 69.8 Å². The number of hydrogen-bond donors (Lipinski definition) is 1. The molecule has 0 aliphatic rings. The minimum absolute atomic E-state index is 0.0266. The summed E-state index contributed by atoms with van der Waals surface area (Å²) in [6, 6.07) is 11.5. The van der Waals surface area contributed by atoms with Crippen molar-refractivity contribution < 1.29 is 27.1 Å². The third-order valence-electron chi connectivity index (χ3n) is 5.36. The summed E-state index contributed by atoms with van der Waals surface area (Å²) in [6.07, 6.45) is 0.293. The van der Waals surface area contributed by atoms with Crippen LogP contribution in [0.4, 0.5) is 10.1 Å². The molecule has 192 valence electrons. The molecule has 0 saturated heterocycles. The molecular formula is C24H33FN4O5S. The lowest BCUT2D eigenvalue weighted by atomic mass is 10.1. The highest BCUT2D eigenvalue weighted by Gasteiger charge is 2.34. The summed E-state index contributed by atoms with van der Waals surface area (Å²) in [5, 5.41) is 2.73. The number of ether oxygens (including phenoxy) is 1. The zero-order chi connectivity index (χ0) is 26.2. The van der Waals surface area contributed by atoms with E-state index in [1.165, 1.54) is 44.3 Å². The quantitative estimate of drug-likeness (QED) is 0.475. The molecular weight excluding hydrogens is 475 g/mol. The van der Waals surface area contributed by atoms with E-state index in [0.29, 0.717) is 28.6 Å². The second-order valence-electron chi connectivity index (χ2n) is 7.94. The van der Waals surface area contributed by atoms with Crippen LogP contribution < -0.4 is 14.4 Å². The van der Waals surface area contributed by atoms with E-state index in [2.05, 4.69) is 5.32 Å². The van der Waals surface area contributed by atoms with Crippen molar-refractivity contribution in [1.82, 2.24) is 14.5 Å². The molecule has 2 aromatic carbocycles. The maximum absolute atomic E-state index is 14.6. The Hall–Kier alpha value is -3.18. The van der Waals surface area contributed by atoms with Gasteiger partial charge in [0, 0.05) is 27.2 Å². The van der Waals surface area contributed by atoms with Gasteiger partial charge in [0.2, 0.25) is 11.8 Å². The van der Waals surface area contributed by atoms with E-state index < -0.39 is 34.5 Å². The summed E-state index contributed by atoms with van der Waals surface area (Å²) in [6.45, 7) is 3.23. The number of nitrogens with one attached hydrogen (secondary N) is 1. The lowest BCUT2D eigenvalue weighted by molar-refractivity contribution is -0.140. The van der Waals surface area contributed by atoms with E-state index in [4.69, 9.17) is 4.74 Å². The molecule has 2 amide bonds. The van der Waals surface area contributed by atoms with Crippen LogP contribution in [0.25, 0.3) is 0 Å². The van der Waals surface area contributed by atoms with Gasteiger partial charge in [0.15, 0.2) is 0 Å². The van der Waals surface area contributed by atoms with Crippen LogP contribution in [-0.2, 0) is 26.3 Å². The average Bonchev–Trinajstić information content (AvgIpc) is 2.83. The van der Waals surface area contributed by atoms with Gasteiger partial charge in [0.25, 0.3) is 0 Å². The Labute approximate surface area is 206 Å². The Morgan fingerprint density at radius 1 is 1.09 bits per heavy atom. The predicted octanol–water partition coefficient (Wildman–Crippen LogP) is 2.39. The Balaban J connectivity index is 2.52. The van der Waals surface area contributed by atoms with Crippen LogP contribution in [0.1, 0.15) is 25.8 Å². The summed E-state index contributed by atoms with van der Waals surface area (Å²) in [5.41, 5.74) is 0.426. The number of anilines is 1. The second kappa shape index (κ2) is 12.5. The van der Waals surface area contributed by atoms with Gasteiger partial charge in [-0.2, -0.15) is 12.7 Å². The van der Waals surface area contributed by atoms with Crippen molar-refractivity contribution in [2.24, 2.45) is 0 Å². The number of para-hydroxylation sites is 1. The van der Waals surface area contributed by atoms with E-state index in [0.717, 1.165) is 10.4 Å². The van der Waals surface area contributed by atoms with E-state index in [-0.39, 0.29) is 18.1 Å². The van der Waals surface area contributed by atoms with Crippen molar-refractivity contribution in [3.05, 3.63) is 59.9 Å². The largest absolute Gasteiger partial charge is 0.497 e. The first-order valence-electron chi connectivity index (χ1n) is 11.2. The Bertz CT molecular complexity index is 1130. The van der Waals surface area contributed by atoms with Crippen LogP contribution in [0, 0.1) is 5.82 Å². The third-order valence-corrected chi connectivity index (χ3v) is 7.17. The molecule has 0 spiro atoms. The first-order valence-corrected chi connectivity index (χ1v) is 12.6. The molecule has 0 aromatic heterocycles. The van der Waals surface area contributed by atoms with Gasteiger partial charge in [-0.1, -0.05) is 31.2 Å². The van der Waals surface area contributed by atoms with Gasteiger partial charge in [0.1, 0.15) is 24.2 Å². The molecule has 0 fully saturated rings. The number of amides is 2. The minimum Gasteiger partial charge on any atom is -0.497 e. The van der Waals surface area contributed by atoms with Crippen LogP contribution in [0.2, 0.25) is 0 Å². The summed E-state index contributed by atoms with van der Waals surface area (Å²) in [7, 11) is -0.119. The number of nitrogens with zero attached hydrogens (tertiary/aromatic N) is 3. The molecule has 0 unspecified atom stereocenters. The highest BCUT2D eigenvalue weighted by atomic mass is 32.2. The van der Waals surface area contributed by atoms with Crippen LogP contribution >= 0.6 is 0 Å². The first kappa shape index (κ1) is 28.1. The van der Waals surface area contributed by atoms with Crippen molar-refractivity contribution in [2.45, 2.75) is 32.9 Å². The van der Waals surface area contributed by atoms with E-state index >= 15 is 0 Å². The van der Waals surface area contributed by atoms with Gasteiger partial charge in [-0.05, 0) is 43.2 Å². The number of likely N-dealkylation sites (N-methyl/N-ethyl adjacent to an activating group) is 1. The molecule has 9 nitrogen and oxygen atoms in total.